The second kappa shape index (κ2) is 6.95. The van der Waals surface area contributed by atoms with E-state index in [0.717, 1.165) is 22.6 Å². The van der Waals surface area contributed by atoms with Gasteiger partial charge in [0.1, 0.15) is 12.4 Å². The van der Waals surface area contributed by atoms with E-state index in [4.69, 9.17) is 9.47 Å². The van der Waals surface area contributed by atoms with E-state index in [2.05, 4.69) is 6.92 Å². The summed E-state index contributed by atoms with van der Waals surface area (Å²) in [6, 6.07) is 11.6. The van der Waals surface area contributed by atoms with Crippen LogP contribution in [-0.2, 0) is 22.6 Å². The fourth-order valence-electron chi connectivity index (χ4n) is 1.66. The van der Waals surface area contributed by atoms with Gasteiger partial charge in [0, 0.05) is 4.88 Å². The van der Waals surface area contributed by atoms with Crippen LogP contribution in [0.25, 0.3) is 0 Å². The highest BCUT2D eigenvalue weighted by molar-refractivity contribution is 7.09. The number of aryl methyl sites for hydroxylation is 1. The van der Waals surface area contributed by atoms with Gasteiger partial charge >= 0.3 is 5.97 Å². The molecule has 2 aromatic rings. The summed E-state index contributed by atoms with van der Waals surface area (Å²) in [6.07, 6.45) is 0.875. The van der Waals surface area contributed by atoms with Gasteiger partial charge in [0.05, 0.1) is 0 Å². The number of benzene rings is 1. The molecular weight excluding hydrogens is 260 g/mol. The minimum Gasteiger partial charge on any atom is -0.482 e. The largest absolute Gasteiger partial charge is 0.482 e. The molecule has 0 saturated carbocycles. The van der Waals surface area contributed by atoms with Crippen LogP contribution in [0.2, 0.25) is 0 Å². The number of para-hydroxylation sites is 1. The first kappa shape index (κ1) is 13.6. The highest BCUT2D eigenvalue weighted by Crippen LogP contribution is 2.18. The van der Waals surface area contributed by atoms with Crippen molar-refractivity contribution in [3.05, 3.63) is 52.2 Å². The molecule has 0 aliphatic heterocycles. The van der Waals surface area contributed by atoms with Gasteiger partial charge in [-0.25, -0.2) is 4.79 Å². The molecular formula is C15H16O3S. The average molecular weight is 276 g/mol. The third-order valence-electron chi connectivity index (χ3n) is 2.65. The summed E-state index contributed by atoms with van der Waals surface area (Å²) in [7, 11) is 0. The van der Waals surface area contributed by atoms with E-state index in [1.807, 2.05) is 41.8 Å². The van der Waals surface area contributed by atoms with Crippen molar-refractivity contribution in [1.82, 2.24) is 0 Å². The van der Waals surface area contributed by atoms with Crippen molar-refractivity contribution in [3.63, 3.8) is 0 Å². The van der Waals surface area contributed by atoms with Gasteiger partial charge in [0.25, 0.3) is 0 Å². The first-order chi connectivity index (χ1) is 9.29. The standard InChI is InChI=1S/C15H16O3S/c1-2-12-6-3-4-8-14(12)17-11-15(16)18-10-13-7-5-9-19-13/h3-9H,2,10-11H2,1H3. The van der Waals surface area contributed by atoms with Gasteiger partial charge in [-0.05, 0) is 29.5 Å². The number of rotatable bonds is 6. The number of carbonyl (C=O) groups is 1. The number of hydrogen-bond acceptors (Lipinski definition) is 4. The normalized spacial score (nSPS) is 10.2. The van der Waals surface area contributed by atoms with Gasteiger partial charge < -0.3 is 9.47 Å². The van der Waals surface area contributed by atoms with Crippen LogP contribution < -0.4 is 4.74 Å². The van der Waals surface area contributed by atoms with Gasteiger partial charge in [-0.15, -0.1) is 11.3 Å². The zero-order valence-corrected chi connectivity index (χ0v) is 11.6. The molecule has 3 nitrogen and oxygen atoms in total. The summed E-state index contributed by atoms with van der Waals surface area (Å²) in [5.41, 5.74) is 1.09. The molecule has 0 aliphatic carbocycles. The second-order valence-electron chi connectivity index (χ2n) is 3.99. The Labute approximate surface area is 116 Å². The molecule has 4 heteroatoms. The van der Waals surface area contributed by atoms with E-state index < -0.39 is 0 Å². The third-order valence-corrected chi connectivity index (χ3v) is 3.50. The van der Waals surface area contributed by atoms with E-state index in [-0.39, 0.29) is 12.6 Å². The Morgan fingerprint density at radius 3 is 2.79 bits per heavy atom. The Morgan fingerprint density at radius 2 is 2.05 bits per heavy atom. The summed E-state index contributed by atoms with van der Waals surface area (Å²) >= 11 is 1.57. The molecule has 0 saturated heterocycles. The summed E-state index contributed by atoms with van der Waals surface area (Å²) in [4.78, 5) is 12.6. The smallest absolute Gasteiger partial charge is 0.344 e. The number of thiophene rings is 1. The van der Waals surface area contributed by atoms with Crippen molar-refractivity contribution in [2.75, 3.05) is 6.61 Å². The molecule has 2 rings (SSSR count). The first-order valence-corrected chi connectivity index (χ1v) is 7.06. The SMILES string of the molecule is CCc1ccccc1OCC(=O)OCc1cccs1. The van der Waals surface area contributed by atoms with E-state index >= 15 is 0 Å². The Kier molecular flexibility index (Phi) is 4.98. The molecule has 1 aromatic carbocycles. The maximum atomic E-state index is 11.6. The molecule has 1 aromatic heterocycles. The molecule has 0 unspecified atom stereocenters. The van der Waals surface area contributed by atoms with Crippen molar-refractivity contribution < 1.29 is 14.3 Å². The Morgan fingerprint density at radius 1 is 1.21 bits per heavy atom. The van der Waals surface area contributed by atoms with E-state index in [1.165, 1.54) is 0 Å². The summed E-state index contributed by atoms with van der Waals surface area (Å²) in [5.74, 6) is 0.400. The predicted octanol–water partition coefficient (Wildman–Crippen LogP) is 3.43. The topological polar surface area (TPSA) is 35.5 Å². The van der Waals surface area contributed by atoms with Gasteiger partial charge in [0.2, 0.25) is 0 Å². The van der Waals surface area contributed by atoms with E-state index in [0.29, 0.717) is 6.61 Å². The van der Waals surface area contributed by atoms with Crippen LogP contribution in [0.4, 0.5) is 0 Å². The molecule has 0 atom stereocenters. The fraction of sp³-hybridized carbons (Fsp3) is 0.267. The summed E-state index contributed by atoms with van der Waals surface area (Å²) < 4.78 is 10.6. The predicted molar refractivity (Wildman–Crippen MR) is 75.4 cm³/mol. The van der Waals surface area contributed by atoms with E-state index in [9.17, 15) is 4.79 Å². The van der Waals surface area contributed by atoms with Crippen LogP contribution in [0.5, 0.6) is 5.75 Å². The lowest BCUT2D eigenvalue weighted by Crippen LogP contribution is -2.15. The minimum absolute atomic E-state index is 0.0532. The zero-order valence-electron chi connectivity index (χ0n) is 10.8. The average Bonchev–Trinajstić information content (AvgIpc) is 2.96. The van der Waals surface area contributed by atoms with Crippen molar-refractivity contribution in [2.24, 2.45) is 0 Å². The molecule has 19 heavy (non-hydrogen) atoms. The van der Waals surface area contributed by atoms with Gasteiger partial charge in [-0.2, -0.15) is 0 Å². The third kappa shape index (κ3) is 4.10. The molecule has 0 bridgehead atoms. The highest BCUT2D eigenvalue weighted by atomic mass is 32.1. The molecule has 0 radical (unpaired) electrons. The molecule has 0 amide bonds. The number of carbonyl (C=O) groups excluding carboxylic acids is 1. The molecule has 0 N–H and O–H groups in total. The molecule has 1 heterocycles. The van der Waals surface area contributed by atoms with Crippen LogP contribution >= 0.6 is 11.3 Å². The van der Waals surface area contributed by atoms with Crippen LogP contribution in [0.15, 0.2) is 41.8 Å². The Hall–Kier alpha value is -1.81. The quantitative estimate of drug-likeness (QED) is 0.758. The lowest BCUT2D eigenvalue weighted by atomic mass is 10.1. The van der Waals surface area contributed by atoms with Crippen LogP contribution in [-0.4, -0.2) is 12.6 Å². The van der Waals surface area contributed by atoms with Gasteiger partial charge in [-0.3, -0.25) is 0 Å². The minimum atomic E-state index is -0.348. The van der Waals surface area contributed by atoms with Gasteiger partial charge in [0.15, 0.2) is 6.61 Å². The first-order valence-electron chi connectivity index (χ1n) is 6.18. The summed E-state index contributed by atoms with van der Waals surface area (Å²) in [6.45, 7) is 2.31. The maximum absolute atomic E-state index is 11.6. The Bertz CT molecular complexity index is 520. The number of hydrogen-bond donors (Lipinski definition) is 0. The lowest BCUT2D eigenvalue weighted by Gasteiger charge is -2.09. The van der Waals surface area contributed by atoms with Crippen molar-refractivity contribution in [1.29, 1.82) is 0 Å². The van der Waals surface area contributed by atoms with Crippen molar-refractivity contribution in [2.45, 2.75) is 20.0 Å². The Balaban J connectivity index is 1.80. The van der Waals surface area contributed by atoms with E-state index in [1.54, 1.807) is 11.3 Å². The van der Waals surface area contributed by atoms with Crippen molar-refractivity contribution in [3.8, 4) is 5.75 Å². The second-order valence-corrected chi connectivity index (χ2v) is 5.02. The zero-order chi connectivity index (χ0) is 13.5. The number of ether oxygens (including phenoxy) is 2. The highest BCUT2D eigenvalue weighted by Gasteiger charge is 2.07. The number of esters is 1. The molecule has 100 valence electrons. The summed E-state index contributed by atoms with van der Waals surface area (Å²) in [5, 5.41) is 1.96. The van der Waals surface area contributed by atoms with Crippen molar-refractivity contribution >= 4 is 17.3 Å². The maximum Gasteiger partial charge on any atom is 0.344 e. The fourth-order valence-corrected chi connectivity index (χ4v) is 2.28. The molecule has 0 fully saturated rings. The van der Waals surface area contributed by atoms with Gasteiger partial charge in [-0.1, -0.05) is 31.2 Å². The molecule has 0 spiro atoms. The lowest BCUT2D eigenvalue weighted by molar-refractivity contribution is -0.147. The van der Waals surface area contributed by atoms with Crippen LogP contribution in [0, 0.1) is 0 Å². The monoisotopic (exact) mass is 276 g/mol. The molecule has 0 aliphatic rings. The van der Waals surface area contributed by atoms with Crippen LogP contribution in [0.3, 0.4) is 0 Å². The van der Waals surface area contributed by atoms with Crippen LogP contribution in [0.1, 0.15) is 17.4 Å².